The zero-order valence-electron chi connectivity index (χ0n) is 16.4. The standard InChI is InChI=1S/C20H28N4O4/c1-15-3-5-18(6-4-15)27-14-17(25)12-23-7-9-24(10-8-23)13-20(26)21-19-11-16(2)28-22-19/h3-6,11,17,25H,7-10,12-14H2,1-2H3,(H,21,22,26). The highest BCUT2D eigenvalue weighted by molar-refractivity contribution is 5.91. The topological polar surface area (TPSA) is 91.1 Å². The number of aliphatic hydroxyl groups is 1. The van der Waals surface area contributed by atoms with Crippen molar-refractivity contribution in [3.8, 4) is 5.75 Å². The van der Waals surface area contributed by atoms with Crippen molar-refractivity contribution in [3.63, 3.8) is 0 Å². The van der Waals surface area contributed by atoms with E-state index in [1.54, 1.807) is 13.0 Å². The number of aliphatic hydroxyl groups excluding tert-OH is 1. The van der Waals surface area contributed by atoms with Crippen LogP contribution >= 0.6 is 0 Å². The number of amides is 1. The molecule has 0 bridgehead atoms. The highest BCUT2D eigenvalue weighted by Crippen LogP contribution is 2.12. The Hall–Kier alpha value is -2.42. The molecule has 1 aromatic heterocycles. The molecular formula is C20H28N4O4. The van der Waals surface area contributed by atoms with Crippen LogP contribution in [-0.4, -0.2) is 77.9 Å². The van der Waals surface area contributed by atoms with Crippen molar-refractivity contribution in [2.45, 2.75) is 20.0 Å². The maximum atomic E-state index is 12.1. The first kappa shape index (κ1) is 20.3. The van der Waals surface area contributed by atoms with Crippen LogP contribution in [0.15, 0.2) is 34.9 Å². The van der Waals surface area contributed by atoms with Crippen molar-refractivity contribution in [1.29, 1.82) is 0 Å². The van der Waals surface area contributed by atoms with Crippen LogP contribution < -0.4 is 10.1 Å². The van der Waals surface area contributed by atoms with Crippen LogP contribution in [0.4, 0.5) is 5.82 Å². The molecule has 28 heavy (non-hydrogen) atoms. The summed E-state index contributed by atoms with van der Waals surface area (Å²) in [5, 5.41) is 16.7. The lowest BCUT2D eigenvalue weighted by Gasteiger charge is -2.35. The highest BCUT2D eigenvalue weighted by Gasteiger charge is 2.21. The van der Waals surface area contributed by atoms with E-state index in [2.05, 4.69) is 20.3 Å². The molecule has 8 heteroatoms. The van der Waals surface area contributed by atoms with E-state index in [9.17, 15) is 9.90 Å². The van der Waals surface area contributed by atoms with E-state index in [0.29, 0.717) is 24.7 Å². The zero-order chi connectivity index (χ0) is 19.9. The normalized spacial score (nSPS) is 16.7. The van der Waals surface area contributed by atoms with Crippen molar-refractivity contribution >= 4 is 11.7 Å². The molecule has 3 rings (SSSR count). The van der Waals surface area contributed by atoms with Crippen LogP contribution in [0.5, 0.6) is 5.75 Å². The summed E-state index contributed by atoms with van der Waals surface area (Å²) < 4.78 is 10.6. The van der Waals surface area contributed by atoms with Crippen molar-refractivity contribution < 1.29 is 19.2 Å². The van der Waals surface area contributed by atoms with Gasteiger partial charge in [-0.1, -0.05) is 22.9 Å². The van der Waals surface area contributed by atoms with Gasteiger partial charge < -0.3 is 19.7 Å². The summed E-state index contributed by atoms with van der Waals surface area (Å²) in [6.07, 6.45) is -0.549. The number of hydrogen-bond donors (Lipinski definition) is 2. The molecular weight excluding hydrogens is 360 g/mol. The number of aryl methyl sites for hydroxylation is 2. The van der Waals surface area contributed by atoms with Gasteiger partial charge in [0, 0.05) is 38.8 Å². The fourth-order valence-electron chi connectivity index (χ4n) is 3.12. The Morgan fingerprint density at radius 1 is 1.21 bits per heavy atom. The zero-order valence-corrected chi connectivity index (χ0v) is 16.4. The SMILES string of the molecule is Cc1ccc(OCC(O)CN2CCN(CC(=O)Nc3cc(C)on3)CC2)cc1. The quantitative estimate of drug-likeness (QED) is 0.704. The number of aromatic nitrogens is 1. The van der Waals surface area contributed by atoms with Crippen LogP contribution in [0.1, 0.15) is 11.3 Å². The molecule has 152 valence electrons. The van der Waals surface area contributed by atoms with Crippen molar-refractivity contribution in [2.24, 2.45) is 0 Å². The monoisotopic (exact) mass is 388 g/mol. The number of rotatable bonds is 8. The first-order chi connectivity index (χ1) is 13.5. The minimum absolute atomic E-state index is 0.103. The minimum atomic E-state index is -0.549. The van der Waals surface area contributed by atoms with E-state index < -0.39 is 6.10 Å². The molecule has 1 aliphatic heterocycles. The second-order valence-corrected chi connectivity index (χ2v) is 7.23. The summed E-state index contributed by atoms with van der Waals surface area (Å²) >= 11 is 0. The molecule has 0 aliphatic carbocycles. The first-order valence-electron chi connectivity index (χ1n) is 9.53. The third-order valence-electron chi connectivity index (χ3n) is 4.66. The Kier molecular flexibility index (Phi) is 7.02. The smallest absolute Gasteiger partial charge is 0.239 e. The molecule has 2 N–H and O–H groups in total. The molecule has 1 atom stereocenters. The summed E-state index contributed by atoms with van der Waals surface area (Å²) in [5.41, 5.74) is 1.18. The van der Waals surface area contributed by atoms with Gasteiger partial charge in [-0.3, -0.25) is 14.6 Å². The van der Waals surface area contributed by atoms with Gasteiger partial charge in [0.15, 0.2) is 5.82 Å². The lowest BCUT2D eigenvalue weighted by molar-refractivity contribution is -0.117. The Bertz CT molecular complexity index is 754. The number of nitrogens with one attached hydrogen (secondary N) is 1. The fraction of sp³-hybridized carbons (Fsp3) is 0.500. The number of benzene rings is 1. The van der Waals surface area contributed by atoms with Gasteiger partial charge in [0.1, 0.15) is 24.2 Å². The number of anilines is 1. The van der Waals surface area contributed by atoms with Crippen LogP contribution in [0, 0.1) is 13.8 Å². The number of β-amino-alcohol motifs (C(OH)–C–C–N with tert-alkyl or cyclic N) is 1. The summed E-state index contributed by atoms with van der Waals surface area (Å²) in [4.78, 5) is 16.4. The third kappa shape index (κ3) is 6.33. The number of ether oxygens (including phenoxy) is 1. The largest absolute Gasteiger partial charge is 0.491 e. The van der Waals surface area contributed by atoms with Crippen LogP contribution in [0.25, 0.3) is 0 Å². The molecule has 1 unspecified atom stereocenters. The molecule has 0 radical (unpaired) electrons. The summed E-state index contributed by atoms with van der Waals surface area (Å²) in [6, 6.07) is 9.48. The minimum Gasteiger partial charge on any atom is -0.491 e. The van der Waals surface area contributed by atoms with Crippen LogP contribution in [-0.2, 0) is 4.79 Å². The lowest BCUT2D eigenvalue weighted by atomic mass is 10.2. The number of carbonyl (C=O) groups excluding carboxylic acids is 1. The van der Waals surface area contributed by atoms with E-state index in [-0.39, 0.29) is 12.5 Å². The fourth-order valence-corrected chi connectivity index (χ4v) is 3.12. The van der Waals surface area contributed by atoms with E-state index >= 15 is 0 Å². The van der Waals surface area contributed by atoms with E-state index in [1.165, 1.54) is 5.56 Å². The van der Waals surface area contributed by atoms with E-state index in [1.807, 2.05) is 31.2 Å². The average Bonchev–Trinajstić information content (AvgIpc) is 3.07. The molecule has 1 amide bonds. The van der Waals surface area contributed by atoms with Crippen LogP contribution in [0.3, 0.4) is 0 Å². The number of carbonyl (C=O) groups is 1. The summed E-state index contributed by atoms with van der Waals surface area (Å²) in [5.74, 6) is 1.77. The van der Waals surface area contributed by atoms with Gasteiger partial charge >= 0.3 is 0 Å². The lowest BCUT2D eigenvalue weighted by Crippen LogP contribution is -2.50. The molecule has 0 spiro atoms. The molecule has 8 nitrogen and oxygen atoms in total. The van der Waals surface area contributed by atoms with E-state index in [4.69, 9.17) is 9.26 Å². The molecule has 2 aromatic rings. The van der Waals surface area contributed by atoms with E-state index in [0.717, 1.165) is 31.9 Å². The summed E-state index contributed by atoms with van der Waals surface area (Å²) in [6.45, 7) is 8.11. The number of nitrogens with zero attached hydrogens (tertiary/aromatic N) is 3. The molecule has 1 aromatic carbocycles. The second kappa shape index (κ2) is 9.68. The van der Waals surface area contributed by atoms with Gasteiger partial charge in [0.05, 0.1) is 6.54 Å². The summed E-state index contributed by atoms with van der Waals surface area (Å²) in [7, 11) is 0. The van der Waals surface area contributed by atoms with Gasteiger partial charge in [0.25, 0.3) is 0 Å². The van der Waals surface area contributed by atoms with Crippen molar-refractivity contribution in [3.05, 3.63) is 41.7 Å². The van der Waals surface area contributed by atoms with Gasteiger partial charge in [0.2, 0.25) is 5.91 Å². The van der Waals surface area contributed by atoms with Gasteiger partial charge in [-0.2, -0.15) is 0 Å². The third-order valence-corrected chi connectivity index (χ3v) is 4.66. The van der Waals surface area contributed by atoms with Crippen LogP contribution in [0.2, 0.25) is 0 Å². The number of hydrogen-bond acceptors (Lipinski definition) is 7. The maximum Gasteiger partial charge on any atom is 0.239 e. The van der Waals surface area contributed by atoms with Crippen molar-refractivity contribution in [1.82, 2.24) is 15.0 Å². The average molecular weight is 388 g/mol. The first-order valence-corrected chi connectivity index (χ1v) is 9.53. The Labute approximate surface area is 165 Å². The second-order valence-electron chi connectivity index (χ2n) is 7.23. The Morgan fingerprint density at radius 2 is 1.89 bits per heavy atom. The molecule has 1 fully saturated rings. The van der Waals surface area contributed by atoms with Crippen molar-refractivity contribution in [2.75, 3.05) is 51.2 Å². The maximum absolute atomic E-state index is 12.1. The molecule has 1 aliphatic rings. The van der Waals surface area contributed by atoms with Gasteiger partial charge in [-0.05, 0) is 26.0 Å². The Balaban J connectivity index is 1.33. The van der Waals surface area contributed by atoms with Gasteiger partial charge in [-0.15, -0.1) is 0 Å². The number of piperazine rings is 1. The van der Waals surface area contributed by atoms with Gasteiger partial charge in [-0.25, -0.2) is 0 Å². The molecule has 0 saturated carbocycles. The Morgan fingerprint density at radius 3 is 2.54 bits per heavy atom. The highest BCUT2D eigenvalue weighted by atomic mass is 16.5. The predicted molar refractivity (Wildman–Crippen MR) is 105 cm³/mol. The predicted octanol–water partition coefficient (Wildman–Crippen LogP) is 1.29. The molecule has 1 saturated heterocycles. The molecule has 2 heterocycles.